The molecule has 0 aliphatic heterocycles. The lowest BCUT2D eigenvalue weighted by molar-refractivity contribution is 0.383. The number of hydrogen-bond acceptors (Lipinski definition) is 2. The summed E-state index contributed by atoms with van der Waals surface area (Å²) in [5.74, 6) is 0. The Morgan fingerprint density at radius 2 is 1.79 bits per heavy atom. The fourth-order valence-corrected chi connectivity index (χ4v) is 2.44. The minimum Gasteiger partial charge on any atom is -0.320 e. The molecule has 14 heavy (non-hydrogen) atoms. The Balaban J connectivity index is 3.15. The SMILES string of the molecule is COP(=O)(Cl)C(C)(C)c1ccccc1. The first-order valence-electron chi connectivity index (χ1n) is 4.33. The first-order chi connectivity index (χ1) is 6.42. The van der Waals surface area contributed by atoms with E-state index in [0.29, 0.717) is 0 Å². The van der Waals surface area contributed by atoms with Gasteiger partial charge >= 0.3 is 0 Å². The maximum Gasteiger partial charge on any atom is 0.299 e. The van der Waals surface area contributed by atoms with Gasteiger partial charge in [-0.05, 0) is 30.7 Å². The van der Waals surface area contributed by atoms with Gasteiger partial charge in [0.25, 0.3) is 6.72 Å². The molecule has 0 aromatic heterocycles. The highest BCUT2D eigenvalue weighted by Gasteiger charge is 2.40. The van der Waals surface area contributed by atoms with Crippen molar-refractivity contribution in [2.24, 2.45) is 0 Å². The van der Waals surface area contributed by atoms with Crippen LogP contribution in [0.25, 0.3) is 0 Å². The number of rotatable bonds is 3. The van der Waals surface area contributed by atoms with E-state index in [2.05, 4.69) is 0 Å². The van der Waals surface area contributed by atoms with Crippen LogP contribution in [0.4, 0.5) is 0 Å². The van der Waals surface area contributed by atoms with Gasteiger partial charge in [0.15, 0.2) is 0 Å². The summed E-state index contributed by atoms with van der Waals surface area (Å²) in [6.07, 6.45) is 0. The van der Waals surface area contributed by atoms with Crippen LogP contribution in [0.2, 0.25) is 0 Å². The summed E-state index contributed by atoms with van der Waals surface area (Å²) in [6.45, 7) is 0.512. The molecule has 0 aliphatic rings. The van der Waals surface area contributed by atoms with Crippen LogP contribution in [0.1, 0.15) is 19.4 Å². The van der Waals surface area contributed by atoms with Crippen LogP contribution in [0.15, 0.2) is 30.3 Å². The summed E-state index contributed by atoms with van der Waals surface area (Å²) in [6, 6.07) is 9.49. The predicted molar refractivity (Wildman–Crippen MR) is 59.9 cm³/mol. The third-order valence-electron chi connectivity index (χ3n) is 2.38. The molecular formula is C10H14ClO2P. The highest BCUT2D eigenvalue weighted by molar-refractivity contribution is 7.86. The first-order valence-corrected chi connectivity index (χ1v) is 6.86. The van der Waals surface area contributed by atoms with E-state index in [9.17, 15) is 4.57 Å². The fraction of sp³-hybridized carbons (Fsp3) is 0.400. The average Bonchev–Trinajstić information content (AvgIpc) is 2.19. The van der Waals surface area contributed by atoms with Crippen molar-refractivity contribution in [2.75, 3.05) is 7.11 Å². The summed E-state index contributed by atoms with van der Waals surface area (Å²) in [4.78, 5) is 0. The molecule has 4 heteroatoms. The van der Waals surface area contributed by atoms with Crippen LogP contribution in [0, 0.1) is 0 Å². The van der Waals surface area contributed by atoms with Gasteiger partial charge in [0, 0.05) is 7.11 Å². The third kappa shape index (κ3) is 2.03. The predicted octanol–water partition coefficient (Wildman–Crippen LogP) is 4.00. The molecule has 0 aliphatic carbocycles. The molecule has 0 saturated carbocycles. The van der Waals surface area contributed by atoms with Crippen molar-refractivity contribution in [3.8, 4) is 0 Å². The highest BCUT2D eigenvalue weighted by atomic mass is 35.7. The molecule has 78 valence electrons. The molecule has 0 bridgehead atoms. The van der Waals surface area contributed by atoms with Crippen molar-refractivity contribution in [1.82, 2.24) is 0 Å². The van der Waals surface area contributed by atoms with Crippen molar-refractivity contribution in [3.05, 3.63) is 35.9 Å². The van der Waals surface area contributed by atoms with Crippen molar-refractivity contribution in [1.29, 1.82) is 0 Å². The molecule has 0 heterocycles. The van der Waals surface area contributed by atoms with E-state index in [1.165, 1.54) is 7.11 Å². The van der Waals surface area contributed by atoms with Crippen LogP contribution in [-0.2, 0) is 14.2 Å². The number of halogens is 1. The zero-order valence-electron chi connectivity index (χ0n) is 8.53. The molecule has 0 amide bonds. The summed E-state index contributed by atoms with van der Waals surface area (Å²) in [5, 5.41) is -0.662. The standard InChI is InChI=1S/C10H14ClO2P/c1-10(2,14(11,12)13-3)9-7-5-4-6-8-9/h4-8H,1-3H3. The molecule has 1 aromatic carbocycles. The summed E-state index contributed by atoms with van der Waals surface area (Å²) in [7, 11) is 1.37. The quantitative estimate of drug-likeness (QED) is 0.737. The number of benzene rings is 1. The van der Waals surface area contributed by atoms with Gasteiger partial charge in [0.1, 0.15) is 0 Å². The normalized spacial score (nSPS) is 16.3. The van der Waals surface area contributed by atoms with E-state index >= 15 is 0 Å². The van der Waals surface area contributed by atoms with E-state index in [1.807, 2.05) is 44.2 Å². The van der Waals surface area contributed by atoms with Gasteiger partial charge in [-0.2, -0.15) is 0 Å². The van der Waals surface area contributed by atoms with E-state index in [1.54, 1.807) is 0 Å². The molecule has 1 rings (SSSR count). The minimum absolute atomic E-state index is 0.662. The number of hydrogen-bond donors (Lipinski definition) is 0. The summed E-state index contributed by atoms with van der Waals surface area (Å²) in [5.41, 5.74) is 0.917. The minimum atomic E-state index is -3.13. The van der Waals surface area contributed by atoms with Gasteiger partial charge in [-0.3, -0.25) is 4.57 Å². The smallest absolute Gasteiger partial charge is 0.299 e. The Bertz CT molecular complexity index is 348. The zero-order chi connectivity index (χ0) is 10.8. The Hall–Kier alpha value is -0.300. The lowest BCUT2D eigenvalue weighted by Gasteiger charge is -2.28. The van der Waals surface area contributed by atoms with Crippen LogP contribution in [-0.4, -0.2) is 7.11 Å². The Morgan fingerprint density at radius 3 is 2.21 bits per heavy atom. The average molecular weight is 233 g/mol. The van der Waals surface area contributed by atoms with Crippen LogP contribution >= 0.6 is 18.0 Å². The molecule has 0 saturated heterocycles. The van der Waals surface area contributed by atoms with Gasteiger partial charge in [-0.25, -0.2) is 0 Å². The fourth-order valence-electron chi connectivity index (χ4n) is 1.23. The second kappa shape index (κ2) is 4.06. The van der Waals surface area contributed by atoms with Crippen molar-refractivity contribution < 1.29 is 9.09 Å². The Morgan fingerprint density at radius 1 is 1.29 bits per heavy atom. The topological polar surface area (TPSA) is 26.3 Å². The molecular weight excluding hydrogens is 219 g/mol. The lowest BCUT2D eigenvalue weighted by Crippen LogP contribution is -2.15. The van der Waals surface area contributed by atoms with Gasteiger partial charge in [0.2, 0.25) is 0 Å². The maximum absolute atomic E-state index is 11.9. The molecule has 2 nitrogen and oxygen atoms in total. The third-order valence-corrected chi connectivity index (χ3v) is 6.13. The summed E-state index contributed by atoms with van der Waals surface area (Å²) >= 11 is 5.88. The Labute approximate surface area is 89.5 Å². The maximum atomic E-state index is 11.9. The first kappa shape index (κ1) is 11.8. The monoisotopic (exact) mass is 232 g/mol. The van der Waals surface area contributed by atoms with Crippen molar-refractivity contribution >= 4 is 18.0 Å². The molecule has 0 spiro atoms. The van der Waals surface area contributed by atoms with E-state index in [-0.39, 0.29) is 0 Å². The molecule has 1 aromatic rings. The molecule has 0 radical (unpaired) electrons. The molecule has 1 unspecified atom stereocenters. The van der Waals surface area contributed by atoms with Gasteiger partial charge in [-0.1, -0.05) is 30.3 Å². The van der Waals surface area contributed by atoms with E-state index < -0.39 is 11.9 Å². The van der Waals surface area contributed by atoms with Crippen LogP contribution in [0.5, 0.6) is 0 Å². The zero-order valence-corrected chi connectivity index (χ0v) is 10.2. The van der Waals surface area contributed by atoms with E-state index in [4.69, 9.17) is 15.8 Å². The molecule has 1 atom stereocenters. The second-order valence-corrected chi connectivity index (χ2v) is 7.36. The van der Waals surface area contributed by atoms with Crippen molar-refractivity contribution in [3.63, 3.8) is 0 Å². The lowest BCUT2D eigenvalue weighted by atomic mass is 10.0. The van der Waals surface area contributed by atoms with Gasteiger partial charge < -0.3 is 4.52 Å². The second-order valence-electron chi connectivity index (χ2n) is 3.59. The van der Waals surface area contributed by atoms with E-state index in [0.717, 1.165) is 5.56 Å². The summed E-state index contributed by atoms with van der Waals surface area (Å²) < 4.78 is 16.8. The largest absolute Gasteiger partial charge is 0.320 e. The van der Waals surface area contributed by atoms with Crippen LogP contribution in [0.3, 0.4) is 0 Å². The van der Waals surface area contributed by atoms with Gasteiger partial charge in [-0.15, -0.1) is 0 Å². The Kier molecular flexibility index (Phi) is 3.41. The highest BCUT2D eigenvalue weighted by Crippen LogP contribution is 2.67. The van der Waals surface area contributed by atoms with Gasteiger partial charge in [0.05, 0.1) is 5.16 Å². The molecule has 0 fully saturated rings. The van der Waals surface area contributed by atoms with Crippen molar-refractivity contribution in [2.45, 2.75) is 19.0 Å². The molecule has 0 N–H and O–H groups in total. The van der Waals surface area contributed by atoms with Crippen LogP contribution < -0.4 is 0 Å².